The lowest BCUT2D eigenvalue weighted by atomic mass is 10.0. The smallest absolute Gasteiger partial charge is 0.295 e. The van der Waals surface area contributed by atoms with Crippen LogP contribution in [0.15, 0.2) is 30.3 Å². The molecule has 1 aromatic heterocycles. The Morgan fingerprint density at radius 3 is 2.40 bits per heavy atom. The van der Waals surface area contributed by atoms with E-state index in [1.807, 2.05) is 12.1 Å². The van der Waals surface area contributed by atoms with Crippen LogP contribution in [0.5, 0.6) is 0 Å². The standard InChI is InChI=1S/C15H12O4S/c1-2-9-4-6-12(20-9)8-3-5-10-11(7-8)14(17)15(18,19)13(10)16/h3-7,18-19H,2H2,1H3. The van der Waals surface area contributed by atoms with E-state index < -0.39 is 17.4 Å². The number of hydrogen-bond donors (Lipinski definition) is 2. The third-order valence-electron chi connectivity index (χ3n) is 3.44. The van der Waals surface area contributed by atoms with Gasteiger partial charge in [0.1, 0.15) is 0 Å². The van der Waals surface area contributed by atoms with E-state index in [9.17, 15) is 19.8 Å². The summed E-state index contributed by atoms with van der Waals surface area (Å²) in [6.45, 7) is 2.06. The molecule has 0 aliphatic heterocycles. The molecular weight excluding hydrogens is 276 g/mol. The van der Waals surface area contributed by atoms with E-state index in [4.69, 9.17) is 0 Å². The van der Waals surface area contributed by atoms with Gasteiger partial charge in [-0.1, -0.05) is 13.0 Å². The largest absolute Gasteiger partial charge is 0.353 e. The van der Waals surface area contributed by atoms with Gasteiger partial charge in [0.05, 0.1) is 0 Å². The molecule has 0 atom stereocenters. The van der Waals surface area contributed by atoms with E-state index in [1.54, 1.807) is 23.5 Å². The fourth-order valence-electron chi connectivity index (χ4n) is 2.29. The summed E-state index contributed by atoms with van der Waals surface area (Å²) in [5, 5.41) is 19.0. The van der Waals surface area contributed by atoms with Crippen LogP contribution in [0.1, 0.15) is 32.5 Å². The molecule has 102 valence electrons. The number of fused-ring (bicyclic) bond motifs is 1. The second-order valence-corrected chi connectivity index (χ2v) is 5.88. The number of ketones is 2. The quantitative estimate of drug-likeness (QED) is 0.655. The molecular formula is C15H12O4S. The van der Waals surface area contributed by atoms with Gasteiger partial charge >= 0.3 is 0 Å². The van der Waals surface area contributed by atoms with Crippen molar-refractivity contribution in [3.8, 4) is 10.4 Å². The molecule has 0 bridgehead atoms. The van der Waals surface area contributed by atoms with Crippen molar-refractivity contribution in [2.24, 2.45) is 0 Å². The Morgan fingerprint density at radius 1 is 1.05 bits per heavy atom. The fourth-order valence-corrected chi connectivity index (χ4v) is 3.23. The summed E-state index contributed by atoms with van der Waals surface area (Å²) in [5.74, 6) is -4.82. The molecule has 2 aromatic rings. The highest BCUT2D eigenvalue weighted by molar-refractivity contribution is 7.15. The Hall–Kier alpha value is -1.82. The summed E-state index contributed by atoms with van der Waals surface area (Å²) in [5.41, 5.74) is 0.937. The zero-order chi connectivity index (χ0) is 14.5. The molecule has 1 aromatic carbocycles. The number of Topliss-reactive ketones (excluding diaryl/α,β-unsaturated/α-hetero) is 2. The molecule has 0 amide bonds. The van der Waals surface area contributed by atoms with Crippen molar-refractivity contribution >= 4 is 22.9 Å². The van der Waals surface area contributed by atoms with Gasteiger partial charge in [-0.2, -0.15) is 0 Å². The number of aliphatic hydroxyl groups is 2. The Bertz CT molecular complexity index is 727. The van der Waals surface area contributed by atoms with E-state index in [1.165, 1.54) is 10.9 Å². The molecule has 0 saturated heterocycles. The second-order valence-electron chi connectivity index (χ2n) is 4.71. The third kappa shape index (κ3) is 1.75. The fraction of sp³-hybridized carbons (Fsp3) is 0.200. The van der Waals surface area contributed by atoms with Crippen LogP contribution in [0.3, 0.4) is 0 Å². The van der Waals surface area contributed by atoms with Crippen LogP contribution in [-0.2, 0) is 6.42 Å². The molecule has 1 heterocycles. The molecule has 0 fully saturated rings. The van der Waals surface area contributed by atoms with Gasteiger partial charge in [-0.15, -0.1) is 11.3 Å². The Labute approximate surface area is 119 Å². The maximum absolute atomic E-state index is 11.9. The number of rotatable bonds is 2. The van der Waals surface area contributed by atoms with E-state index >= 15 is 0 Å². The average Bonchev–Trinajstić information content (AvgIpc) is 2.99. The van der Waals surface area contributed by atoms with Crippen molar-refractivity contribution in [2.45, 2.75) is 19.1 Å². The monoisotopic (exact) mass is 288 g/mol. The number of aryl methyl sites for hydroxylation is 1. The molecule has 3 rings (SSSR count). The molecule has 0 radical (unpaired) electrons. The highest BCUT2D eigenvalue weighted by atomic mass is 32.1. The van der Waals surface area contributed by atoms with Crippen molar-refractivity contribution in [3.05, 3.63) is 46.3 Å². The van der Waals surface area contributed by atoms with Crippen LogP contribution in [0.2, 0.25) is 0 Å². The highest BCUT2D eigenvalue weighted by Gasteiger charge is 2.50. The first-order chi connectivity index (χ1) is 9.45. The third-order valence-corrected chi connectivity index (χ3v) is 4.72. The molecule has 1 aliphatic carbocycles. The SMILES string of the molecule is CCc1ccc(-c2ccc3c(c2)C(=O)C(O)(O)C3=O)s1. The normalized spacial score (nSPS) is 16.6. The van der Waals surface area contributed by atoms with E-state index in [-0.39, 0.29) is 11.1 Å². The van der Waals surface area contributed by atoms with Crippen LogP contribution in [0.25, 0.3) is 10.4 Å². The summed E-state index contributed by atoms with van der Waals surface area (Å²) in [4.78, 5) is 25.8. The van der Waals surface area contributed by atoms with Crippen LogP contribution in [-0.4, -0.2) is 27.6 Å². The first-order valence-corrected chi connectivity index (χ1v) is 7.04. The van der Waals surface area contributed by atoms with Gasteiger partial charge in [-0.3, -0.25) is 9.59 Å². The lowest BCUT2D eigenvalue weighted by molar-refractivity contribution is -0.0857. The first kappa shape index (κ1) is 13.2. The van der Waals surface area contributed by atoms with Crippen LogP contribution < -0.4 is 0 Å². The molecule has 0 saturated carbocycles. The molecule has 1 aliphatic rings. The van der Waals surface area contributed by atoms with Gasteiger partial charge in [-0.05, 0) is 36.2 Å². The Balaban J connectivity index is 2.10. The van der Waals surface area contributed by atoms with E-state index in [0.717, 1.165) is 16.9 Å². The van der Waals surface area contributed by atoms with Gasteiger partial charge in [0, 0.05) is 20.9 Å². The molecule has 20 heavy (non-hydrogen) atoms. The number of carbonyl (C=O) groups excluding carboxylic acids is 2. The molecule has 4 nitrogen and oxygen atoms in total. The van der Waals surface area contributed by atoms with Crippen molar-refractivity contribution in [3.63, 3.8) is 0 Å². The predicted molar refractivity (Wildman–Crippen MR) is 75.0 cm³/mol. The maximum Gasteiger partial charge on any atom is 0.295 e. The molecule has 0 spiro atoms. The van der Waals surface area contributed by atoms with Crippen molar-refractivity contribution in [1.29, 1.82) is 0 Å². The lowest BCUT2D eigenvalue weighted by Crippen LogP contribution is -2.40. The topological polar surface area (TPSA) is 74.6 Å². The summed E-state index contributed by atoms with van der Waals surface area (Å²) in [6, 6.07) is 8.72. The minimum Gasteiger partial charge on any atom is -0.353 e. The minimum atomic E-state index is -2.91. The van der Waals surface area contributed by atoms with Crippen LogP contribution >= 0.6 is 11.3 Å². The van der Waals surface area contributed by atoms with Crippen LogP contribution in [0.4, 0.5) is 0 Å². The van der Waals surface area contributed by atoms with Crippen molar-refractivity contribution in [2.75, 3.05) is 0 Å². The van der Waals surface area contributed by atoms with E-state index in [0.29, 0.717) is 0 Å². The molecule has 5 heteroatoms. The van der Waals surface area contributed by atoms with Gasteiger partial charge in [0.15, 0.2) is 0 Å². The van der Waals surface area contributed by atoms with Gasteiger partial charge in [0.25, 0.3) is 5.79 Å². The average molecular weight is 288 g/mol. The highest BCUT2D eigenvalue weighted by Crippen LogP contribution is 2.34. The van der Waals surface area contributed by atoms with Crippen LogP contribution in [0, 0.1) is 0 Å². The Kier molecular flexibility index (Phi) is 2.86. The van der Waals surface area contributed by atoms with Crippen molar-refractivity contribution < 1.29 is 19.8 Å². The number of carbonyl (C=O) groups is 2. The van der Waals surface area contributed by atoms with Crippen molar-refractivity contribution in [1.82, 2.24) is 0 Å². The summed E-state index contributed by atoms with van der Waals surface area (Å²) < 4.78 is 0. The molecule has 0 unspecified atom stereocenters. The van der Waals surface area contributed by atoms with Gasteiger partial charge in [0.2, 0.25) is 11.6 Å². The Morgan fingerprint density at radius 2 is 1.75 bits per heavy atom. The number of thiophene rings is 1. The first-order valence-electron chi connectivity index (χ1n) is 6.22. The lowest BCUT2D eigenvalue weighted by Gasteiger charge is -2.08. The summed E-state index contributed by atoms with van der Waals surface area (Å²) in [6.07, 6.45) is 0.934. The summed E-state index contributed by atoms with van der Waals surface area (Å²) in [7, 11) is 0. The minimum absolute atomic E-state index is 0.0658. The maximum atomic E-state index is 11.9. The van der Waals surface area contributed by atoms with E-state index in [2.05, 4.69) is 6.92 Å². The zero-order valence-electron chi connectivity index (χ0n) is 10.7. The number of hydrogen-bond acceptors (Lipinski definition) is 5. The van der Waals surface area contributed by atoms with Gasteiger partial charge in [-0.25, -0.2) is 0 Å². The van der Waals surface area contributed by atoms with Gasteiger partial charge < -0.3 is 10.2 Å². The predicted octanol–water partition coefficient (Wildman–Crippen LogP) is 2.04. The second kappa shape index (κ2) is 4.34. The number of benzene rings is 1. The summed E-state index contributed by atoms with van der Waals surface area (Å²) >= 11 is 1.61. The zero-order valence-corrected chi connectivity index (χ0v) is 11.5. The molecule has 2 N–H and O–H groups in total.